The Morgan fingerprint density at radius 3 is 2.50 bits per heavy atom. The van der Waals surface area contributed by atoms with Crippen LogP contribution >= 0.6 is 15.9 Å². The maximum Gasteiger partial charge on any atom is 0.123 e. The molecule has 1 aliphatic carbocycles. The Hall–Kier alpha value is -1.03. The number of nitrogen functional groups attached to an aromatic ring is 1. The second-order valence-corrected chi connectivity index (χ2v) is 6.63. The Morgan fingerprint density at radius 1 is 1.35 bits per heavy atom. The first-order chi connectivity index (χ1) is 9.52. The molecule has 0 bridgehead atoms. The van der Waals surface area contributed by atoms with Crippen molar-refractivity contribution in [1.29, 1.82) is 5.41 Å². The van der Waals surface area contributed by atoms with E-state index in [-0.39, 0.29) is 5.84 Å². The number of anilines is 1. The molecule has 0 unspecified atom stereocenters. The van der Waals surface area contributed by atoms with Crippen molar-refractivity contribution in [3.63, 3.8) is 0 Å². The van der Waals surface area contributed by atoms with E-state index in [1.54, 1.807) is 0 Å². The van der Waals surface area contributed by atoms with E-state index < -0.39 is 0 Å². The van der Waals surface area contributed by atoms with Crippen LogP contribution in [0.4, 0.5) is 5.69 Å². The Bertz CT molecular complexity index is 479. The number of nitrogens with zero attached hydrogens (tertiary/aromatic N) is 1. The van der Waals surface area contributed by atoms with Gasteiger partial charge < -0.3 is 10.6 Å². The average molecular weight is 338 g/mol. The van der Waals surface area contributed by atoms with E-state index >= 15 is 0 Å². The van der Waals surface area contributed by atoms with Crippen LogP contribution in [0.1, 0.15) is 44.6 Å². The number of amidine groups is 1. The topological polar surface area (TPSA) is 53.1 Å². The van der Waals surface area contributed by atoms with Gasteiger partial charge in [0.1, 0.15) is 5.84 Å². The minimum Gasteiger partial charge on any atom is -0.384 e. The molecule has 20 heavy (non-hydrogen) atoms. The molecule has 1 aromatic rings. The SMILES string of the molecule is CCC1CCC(N(C)c2ccc(C(=N)N)c(Br)c2)CC1. The normalized spacial score (nSPS) is 22.6. The Morgan fingerprint density at radius 2 is 2.00 bits per heavy atom. The van der Waals surface area contributed by atoms with Gasteiger partial charge in [0.25, 0.3) is 0 Å². The lowest BCUT2D eigenvalue weighted by atomic mass is 9.84. The molecule has 0 aliphatic heterocycles. The summed E-state index contributed by atoms with van der Waals surface area (Å²) in [4.78, 5) is 2.38. The van der Waals surface area contributed by atoms with Crippen LogP contribution in [0.25, 0.3) is 0 Å². The third-order valence-corrected chi connectivity index (χ3v) is 5.25. The van der Waals surface area contributed by atoms with Crippen molar-refractivity contribution in [1.82, 2.24) is 0 Å². The highest BCUT2D eigenvalue weighted by molar-refractivity contribution is 9.10. The van der Waals surface area contributed by atoms with E-state index in [0.29, 0.717) is 6.04 Å². The Balaban J connectivity index is 2.08. The molecule has 4 heteroatoms. The maximum absolute atomic E-state index is 7.53. The standard InChI is InChI=1S/C16H24BrN3/c1-3-11-4-6-12(7-5-11)20(2)13-8-9-14(16(18)19)15(17)10-13/h8-12H,3-7H2,1-2H3,(H3,18,19). The van der Waals surface area contributed by atoms with Gasteiger partial charge in [-0.25, -0.2) is 0 Å². The highest BCUT2D eigenvalue weighted by Crippen LogP contribution is 2.32. The summed E-state index contributed by atoms with van der Waals surface area (Å²) in [5.74, 6) is 1.03. The van der Waals surface area contributed by atoms with Crippen molar-refractivity contribution in [2.45, 2.75) is 45.1 Å². The number of hydrogen-bond donors (Lipinski definition) is 2. The summed E-state index contributed by atoms with van der Waals surface area (Å²) in [5, 5.41) is 7.53. The minimum absolute atomic E-state index is 0.106. The van der Waals surface area contributed by atoms with E-state index in [2.05, 4.69) is 46.9 Å². The second-order valence-electron chi connectivity index (χ2n) is 5.77. The molecule has 0 atom stereocenters. The predicted octanol–water partition coefficient (Wildman–Crippen LogP) is 4.14. The van der Waals surface area contributed by atoms with Gasteiger partial charge in [-0.15, -0.1) is 0 Å². The summed E-state index contributed by atoms with van der Waals surface area (Å²) in [6.45, 7) is 2.30. The van der Waals surface area contributed by atoms with E-state index in [9.17, 15) is 0 Å². The van der Waals surface area contributed by atoms with Crippen molar-refractivity contribution < 1.29 is 0 Å². The van der Waals surface area contributed by atoms with E-state index in [4.69, 9.17) is 11.1 Å². The smallest absolute Gasteiger partial charge is 0.123 e. The molecular formula is C16H24BrN3. The molecule has 0 heterocycles. The zero-order chi connectivity index (χ0) is 14.7. The average Bonchev–Trinajstić information content (AvgIpc) is 2.46. The number of hydrogen-bond acceptors (Lipinski definition) is 2. The van der Waals surface area contributed by atoms with Crippen LogP contribution in [0.15, 0.2) is 22.7 Å². The van der Waals surface area contributed by atoms with Crippen LogP contribution in [0.2, 0.25) is 0 Å². The first kappa shape index (κ1) is 15.4. The van der Waals surface area contributed by atoms with Crippen molar-refractivity contribution in [3.05, 3.63) is 28.2 Å². The summed E-state index contributed by atoms with van der Waals surface area (Å²) < 4.78 is 0.900. The maximum atomic E-state index is 7.53. The van der Waals surface area contributed by atoms with Crippen molar-refractivity contribution in [2.75, 3.05) is 11.9 Å². The summed E-state index contributed by atoms with van der Waals surface area (Å²) in [6.07, 6.45) is 6.56. The lowest BCUT2D eigenvalue weighted by molar-refractivity contribution is 0.313. The fraction of sp³-hybridized carbons (Fsp3) is 0.562. The van der Waals surface area contributed by atoms with Crippen LogP contribution < -0.4 is 10.6 Å². The molecule has 0 aromatic heterocycles. The predicted molar refractivity (Wildman–Crippen MR) is 89.6 cm³/mol. The molecule has 1 aliphatic rings. The fourth-order valence-electron chi connectivity index (χ4n) is 3.09. The Labute approximate surface area is 130 Å². The lowest BCUT2D eigenvalue weighted by Gasteiger charge is -2.36. The van der Waals surface area contributed by atoms with Gasteiger partial charge in [0.15, 0.2) is 0 Å². The molecule has 0 saturated heterocycles. The van der Waals surface area contributed by atoms with Crippen molar-refractivity contribution in [3.8, 4) is 0 Å². The minimum atomic E-state index is 0.106. The monoisotopic (exact) mass is 337 g/mol. The van der Waals surface area contributed by atoms with Crippen molar-refractivity contribution in [2.24, 2.45) is 11.7 Å². The van der Waals surface area contributed by atoms with Gasteiger partial charge in [-0.1, -0.05) is 13.3 Å². The van der Waals surface area contributed by atoms with Gasteiger partial charge in [-0.3, -0.25) is 5.41 Å². The summed E-state index contributed by atoms with van der Waals surface area (Å²) in [5.41, 5.74) is 7.51. The third kappa shape index (κ3) is 3.35. The fourth-order valence-corrected chi connectivity index (χ4v) is 3.67. The molecular weight excluding hydrogens is 314 g/mol. The van der Waals surface area contributed by atoms with Gasteiger partial charge in [0.2, 0.25) is 0 Å². The molecule has 0 amide bonds. The number of nitrogens with one attached hydrogen (secondary N) is 1. The zero-order valence-electron chi connectivity index (χ0n) is 12.3. The number of nitrogens with two attached hydrogens (primary N) is 1. The summed E-state index contributed by atoms with van der Waals surface area (Å²) in [6, 6.07) is 6.69. The number of halogens is 1. The highest BCUT2D eigenvalue weighted by Gasteiger charge is 2.23. The first-order valence-electron chi connectivity index (χ1n) is 7.39. The van der Waals surface area contributed by atoms with Crippen LogP contribution in [0, 0.1) is 11.3 Å². The zero-order valence-corrected chi connectivity index (χ0v) is 13.9. The Kier molecular flexibility index (Phi) is 5.08. The second kappa shape index (κ2) is 6.61. The lowest BCUT2D eigenvalue weighted by Crippen LogP contribution is -2.35. The molecule has 1 fully saturated rings. The van der Waals surface area contributed by atoms with Crippen LogP contribution in [0.5, 0.6) is 0 Å². The van der Waals surface area contributed by atoms with E-state index in [1.807, 2.05) is 6.07 Å². The highest BCUT2D eigenvalue weighted by atomic mass is 79.9. The van der Waals surface area contributed by atoms with E-state index in [0.717, 1.165) is 16.0 Å². The van der Waals surface area contributed by atoms with Gasteiger partial charge >= 0.3 is 0 Å². The molecule has 3 nitrogen and oxygen atoms in total. The molecule has 1 saturated carbocycles. The van der Waals surface area contributed by atoms with Crippen molar-refractivity contribution >= 4 is 27.5 Å². The van der Waals surface area contributed by atoms with Gasteiger partial charge in [-0.05, 0) is 65.7 Å². The summed E-state index contributed by atoms with van der Waals surface area (Å²) >= 11 is 3.51. The quantitative estimate of drug-likeness (QED) is 0.640. The molecule has 1 aromatic carbocycles. The molecule has 0 spiro atoms. The molecule has 2 rings (SSSR count). The van der Waals surface area contributed by atoms with Gasteiger partial charge in [0.05, 0.1) is 0 Å². The summed E-state index contributed by atoms with van der Waals surface area (Å²) in [7, 11) is 2.17. The van der Waals surface area contributed by atoms with Gasteiger partial charge in [0, 0.05) is 28.8 Å². The van der Waals surface area contributed by atoms with Gasteiger partial charge in [-0.2, -0.15) is 0 Å². The van der Waals surface area contributed by atoms with Crippen LogP contribution in [0.3, 0.4) is 0 Å². The van der Waals surface area contributed by atoms with Crippen LogP contribution in [-0.4, -0.2) is 18.9 Å². The van der Waals surface area contributed by atoms with E-state index in [1.165, 1.54) is 37.8 Å². The third-order valence-electron chi connectivity index (χ3n) is 4.59. The molecule has 0 radical (unpaired) electrons. The number of benzene rings is 1. The first-order valence-corrected chi connectivity index (χ1v) is 8.19. The largest absolute Gasteiger partial charge is 0.384 e. The molecule has 110 valence electrons. The number of rotatable bonds is 4. The molecule has 3 N–H and O–H groups in total. The van der Waals surface area contributed by atoms with Crippen LogP contribution in [-0.2, 0) is 0 Å².